The van der Waals surface area contributed by atoms with Crippen LogP contribution in [-0.4, -0.2) is 11.2 Å². The first kappa shape index (κ1) is 18.1. The Morgan fingerprint density at radius 3 is 2.30 bits per heavy atom. The molecule has 0 bridgehead atoms. The summed E-state index contributed by atoms with van der Waals surface area (Å²) < 4.78 is 2.30. The lowest BCUT2D eigenvalue weighted by atomic mass is 9.70. The Balaban J connectivity index is 1.59. The lowest BCUT2D eigenvalue weighted by Crippen LogP contribution is -2.28. The fourth-order valence-corrected chi connectivity index (χ4v) is 6.34. The smallest absolute Gasteiger partial charge is 0.0540 e. The molecule has 3 aromatic carbocycles. The van der Waals surface area contributed by atoms with Gasteiger partial charge in [0.2, 0.25) is 0 Å². The van der Waals surface area contributed by atoms with Gasteiger partial charge >= 0.3 is 0 Å². The highest BCUT2D eigenvalue weighted by Gasteiger charge is 2.30. The molecule has 0 radical (unpaired) electrons. The van der Waals surface area contributed by atoms with Crippen LogP contribution in [0.3, 0.4) is 0 Å². The minimum Gasteiger partial charge on any atom is -0.393 e. The average molecular weight is 488 g/mol. The van der Waals surface area contributed by atoms with Crippen LogP contribution in [-0.2, 0) is 12.8 Å². The molecule has 0 amide bonds. The molecule has 1 saturated carbocycles. The summed E-state index contributed by atoms with van der Waals surface area (Å²) in [6, 6.07) is 13.6. The molecule has 1 unspecified atom stereocenters. The average Bonchev–Trinajstić information content (AvgIpc) is 2.68. The zero-order valence-electron chi connectivity index (χ0n) is 15.3. The van der Waals surface area contributed by atoms with E-state index in [2.05, 4.69) is 68.3 Å². The second-order valence-electron chi connectivity index (χ2n) is 8.42. The Labute approximate surface area is 177 Å². The third kappa shape index (κ3) is 3.26. The molecule has 0 spiro atoms. The Hall–Kier alpha value is -0.900. The lowest BCUT2D eigenvalue weighted by molar-refractivity contribution is 0.0879. The first-order chi connectivity index (χ1) is 13.1. The Morgan fingerprint density at radius 1 is 0.741 bits per heavy atom. The fraction of sp³-hybridized carbons (Fsp3) is 0.417. The SMILES string of the molecule is OC1CCC(C2CCc3ccc4c(cc(Br)c5cc(Br)ccc54)c3C2)CC1. The number of aliphatic hydroxyl groups is 1. The molecule has 140 valence electrons. The molecule has 1 N–H and O–H groups in total. The van der Waals surface area contributed by atoms with Gasteiger partial charge in [-0.05, 0) is 108 Å². The van der Waals surface area contributed by atoms with Crippen LogP contribution in [0.15, 0.2) is 45.3 Å². The van der Waals surface area contributed by atoms with Crippen molar-refractivity contribution in [2.45, 2.75) is 51.0 Å². The van der Waals surface area contributed by atoms with Crippen molar-refractivity contribution < 1.29 is 5.11 Å². The number of benzene rings is 3. The third-order valence-corrected chi connectivity index (χ3v) is 8.06. The van der Waals surface area contributed by atoms with Gasteiger partial charge in [0.25, 0.3) is 0 Å². The highest BCUT2D eigenvalue weighted by atomic mass is 79.9. The fourth-order valence-electron chi connectivity index (χ4n) is 5.42. The molecule has 1 fully saturated rings. The molecule has 1 nitrogen and oxygen atoms in total. The molecular weight excluding hydrogens is 464 g/mol. The topological polar surface area (TPSA) is 20.2 Å². The zero-order chi connectivity index (χ0) is 18.5. The monoisotopic (exact) mass is 486 g/mol. The third-order valence-electron chi connectivity index (χ3n) is 6.91. The van der Waals surface area contributed by atoms with Crippen molar-refractivity contribution in [3.8, 4) is 0 Å². The van der Waals surface area contributed by atoms with Gasteiger partial charge in [-0.1, -0.05) is 50.1 Å². The minimum absolute atomic E-state index is 0.0559. The minimum atomic E-state index is -0.0559. The van der Waals surface area contributed by atoms with Crippen LogP contribution in [0.1, 0.15) is 43.2 Å². The van der Waals surface area contributed by atoms with Crippen molar-refractivity contribution in [2.24, 2.45) is 11.8 Å². The van der Waals surface area contributed by atoms with E-state index in [1.807, 2.05) is 0 Å². The maximum Gasteiger partial charge on any atom is 0.0540 e. The normalized spacial score (nSPS) is 25.7. The van der Waals surface area contributed by atoms with Crippen LogP contribution in [0.2, 0.25) is 0 Å². The maximum absolute atomic E-state index is 9.87. The second kappa shape index (κ2) is 7.17. The number of halogens is 2. The van der Waals surface area contributed by atoms with Gasteiger partial charge in [-0.2, -0.15) is 0 Å². The quantitative estimate of drug-likeness (QED) is 0.360. The largest absolute Gasteiger partial charge is 0.393 e. The van der Waals surface area contributed by atoms with Gasteiger partial charge in [0.1, 0.15) is 0 Å². The van der Waals surface area contributed by atoms with Crippen molar-refractivity contribution in [1.29, 1.82) is 0 Å². The predicted molar refractivity (Wildman–Crippen MR) is 120 cm³/mol. The van der Waals surface area contributed by atoms with Gasteiger partial charge in [-0.3, -0.25) is 0 Å². The Bertz CT molecular complexity index is 1020. The summed E-state index contributed by atoms with van der Waals surface area (Å²) in [4.78, 5) is 0. The summed E-state index contributed by atoms with van der Waals surface area (Å²) in [5.41, 5.74) is 3.11. The van der Waals surface area contributed by atoms with Gasteiger partial charge in [0.05, 0.1) is 6.10 Å². The number of rotatable bonds is 1. The summed E-state index contributed by atoms with van der Waals surface area (Å²) in [6.45, 7) is 0. The van der Waals surface area contributed by atoms with Crippen LogP contribution in [0.5, 0.6) is 0 Å². The van der Waals surface area contributed by atoms with E-state index in [0.717, 1.165) is 29.2 Å². The van der Waals surface area contributed by atoms with E-state index in [1.54, 1.807) is 5.56 Å². The van der Waals surface area contributed by atoms with Crippen LogP contribution >= 0.6 is 31.9 Å². The lowest BCUT2D eigenvalue weighted by Gasteiger charge is -2.35. The Kier molecular flexibility index (Phi) is 4.82. The molecule has 27 heavy (non-hydrogen) atoms. The van der Waals surface area contributed by atoms with Crippen molar-refractivity contribution in [3.63, 3.8) is 0 Å². The number of aryl methyl sites for hydroxylation is 1. The first-order valence-corrected chi connectivity index (χ1v) is 11.7. The number of fused-ring (bicyclic) bond motifs is 5. The standard InChI is InChI=1S/C24H24Br2O/c25-17-6-10-20-19-9-5-15-1-2-16(14-3-7-18(27)8-4-14)11-21(15)22(19)13-24(26)23(20)12-17/h5-6,9-10,12-14,16,18,27H,1-4,7-8,11H2. The van der Waals surface area contributed by atoms with Crippen molar-refractivity contribution >= 4 is 53.4 Å². The molecular formula is C24H24Br2O. The van der Waals surface area contributed by atoms with E-state index in [4.69, 9.17) is 0 Å². The second-order valence-corrected chi connectivity index (χ2v) is 10.2. The van der Waals surface area contributed by atoms with Crippen LogP contribution in [0, 0.1) is 11.8 Å². The number of aliphatic hydroxyl groups excluding tert-OH is 1. The molecule has 1 atom stereocenters. The van der Waals surface area contributed by atoms with Gasteiger partial charge in [0, 0.05) is 8.95 Å². The number of hydrogen-bond acceptors (Lipinski definition) is 1. The van der Waals surface area contributed by atoms with Gasteiger partial charge in [-0.25, -0.2) is 0 Å². The predicted octanol–water partition coefficient (Wildman–Crippen LogP) is 7.17. The highest BCUT2D eigenvalue weighted by Crippen LogP contribution is 2.42. The van der Waals surface area contributed by atoms with E-state index in [9.17, 15) is 5.11 Å². The molecule has 3 heteroatoms. The van der Waals surface area contributed by atoms with E-state index in [-0.39, 0.29) is 6.10 Å². The molecule has 2 aliphatic rings. The molecule has 0 aromatic heterocycles. The zero-order valence-corrected chi connectivity index (χ0v) is 18.5. The van der Waals surface area contributed by atoms with Crippen LogP contribution in [0.25, 0.3) is 21.5 Å². The summed E-state index contributed by atoms with van der Waals surface area (Å²) in [6.07, 6.45) is 8.04. The number of hydrogen-bond donors (Lipinski definition) is 1. The molecule has 0 heterocycles. The summed E-state index contributed by atoms with van der Waals surface area (Å²) in [5.74, 6) is 1.56. The van der Waals surface area contributed by atoms with Crippen molar-refractivity contribution in [2.75, 3.05) is 0 Å². The van der Waals surface area contributed by atoms with Crippen molar-refractivity contribution in [1.82, 2.24) is 0 Å². The van der Waals surface area contributed by atoms with Crippen LogP contribution in [0.4, 0.5) is 0 Å². The van der Waals surface area contributed by atoms with E-state index in [0.29, 0.717) is 0 Å². The van der Waals surface area contributed by atoms with E-state index in [1.165, 1.54) is 63.7 Å². The molecule has 5 rings (SSSR count). The van der Waals surface area contributed by atoms with Crippen molar-refractivity contribution in [3.05, 3.63) is 56.5 Å². The maximum atomic E-state index is 9.87. The molecule has 0 aliphatic heterocycles. The molecule has 3 aromatic rings. The summed E-state index contributed by atoms with van der Waals surface area (Å²) >= 11 is 7.44. The molecule has 2 aliphatic carbocycles. The highest BCUT2D eigenvalue weighted by molar-refractivity contribution is 9.11. The van der Waals surface area contributed by atoms with Gasteiger partial charge in [0.15, 0.2) is 0 Å². The summed E-state index contributed by atoms with van der Waals surface area (Å²) in [5, 5.41) is 15.3. The van der Waals surface area contributed by atoms with Gasteiger partial charge < -0.3 is 5.11 Å². The summed E-state index contributed by atoms with van der Waals surface area (Å²) in [7, 11) is 0. The Morgan fingerprint density at radius 2 is 1.48 bits per heavy atom. The molecule has 0 saturated heterocycles. The van der Waals surface area contributed by atoms with Gasteiger partial charge in [-0.15, -0.1) is 0 Å². The first-order valence-electron chi connectivity index (χ1n) is 10.1. The van der Waals surface area contributed by atoms with E-state index < -0.39 is 0 Å². The van der Waals surface area contributed by atoms with E-state index >= 15 is 0 Å². The van der Waals surface area contributed by atoms with Crippen LogP contribution < -0.4 is 0 Å².